The molecule has 2 aromatic carbocycles. The second kappa shape index (κ2) is 8.33. The predicted molar refractivity (Wildman–Crippen MR) is 111 cm³/mol. The summed E-state index contributed by atoms with van der Waals surface area (Å²) < 4.78 is 32.7. The lowest BCUT2D eigenvalue weighted by atomic mass is 10.2. The van der Waals surface area contributed by atoms with Gasteiger partial charge < -0.3 is 4.74 Å². The number of hydrogen-bond donors (Lipinski definition) is 1. The topological polar surface area (TPSA) is 75.7 Å². The number of anilines is 2. The quantitative estimate of drug-likeness (QED) is 0.729. The van der Waals surface area contributed by atoms with Crippen LogP contribution in [0.3, 0.4) is 0 Å². The molecule has 7 heteroatoms. The van der Waals surface area contributed by atoms with Crippen molar-refractivity contribution in [2.45, 2.75) is 38.2 Å². The monoisotopic (exact) mass is 400 g/mol. The summed E-state index contributed by atoms with van der Waals surface area (Å²) >= 11 is 0. The van der Waals surface area contributed by atoms with E-state index in [2.05, 4.69) is 17.6 Å². The summed E-state index contributed by atoms with van der Waals surface area (Å²) in [6, 6.07) is 13.0. The van der Waals surface area contributed by atoms with Gasteiger partial charge in [0.25, 0.3) is 10.0 Å². The smallest absolute Gasteiger partial charge is 0.412 e. The molecule has 0 saturated heterocycles. The van der Waals surface area contributed by atoms with E-state index < -0.39 is 21.7 Å². The van der Waals surface area contributed by atoms with E-state index in [1.54, 1.807) is 57.2 Å². The molecular formula is C21H24N2O4S. The molecule has 0 spiro atoms. The van der Waals surface area contributed by atoms with Crippen molar-refractivity contribution in [3.8, 4) is 0 Å². The molecule has 0 atom stereocenters. The van der Waals surface area contributed by atoms with Crippen molar-refractivity contribution in [3.05, 3.63) is 72.6 Å². The van der Waals surface area contributed by atoms with Gasteiger partial charge in [0, 0.05) is 0 Å². The molecule has 0 bridgehead atoms. The molecule has 0 aromatic heterocycles. The SMILES string of the molecule is C=C=CN(c1ccccc1NC(=O)OC(C)(C)C)S(=O)(=O)c1ccc(C)cc1. The van der Waals surface area contributed by atoms with Crippen LogP contribution in [-0.4, -0.2) is 20.1 Å². The van der Waals surface area contributed by atoms with Crippen molar-refractivity contribution in [1.29, 1.82) is 0 Å². The van der Waals surface area contributed by atoms with E-state index in [1.165, 1.54) is 18.3 Å². The van der Waals surface area contributed by atoms with E-state index in [1.807, 2.05) is 6.92 Å². The van der Waals surface area contributed by atoms with Crippen LogP contribution in [0.2, 0.25) is 0 Å². The Hall–Kier alpha value is -3.02. The zero-order valence-corrected chi connectivity index (χ0v) is 17.2. The van der Waals surface area contributed by atoms with Crippen LogP contribution >= 0.6 is 0 Å². The predicted octanol–water partition coefficient (Wildman–Crippen LogP) is 4.84. The minimum Gasteiger partial charge on any atom is -0.444 e. The van der Waals surface area contributed by atoms with Gasteiger partial charge in [0.1, 0.15) is 5.60 Å². The van der Waals surface area contributed by atoms with Crippen molar-refractivity contribution >= 4 is 27.5 Å². The van der Waals surface area contributed by atoms with Gasteiger partial charge >= 0.3 is 6.09 Å². The number of hydrogen-bond acceptors (Lipinski definition) is 4. The van der Waals surface area contributed by atoms with E-state index in [0.717, 1.165) is 9.87 Å². The number of amides is 1. The van der Waals surface area contributed by atoms with Crippen molar-refractivity contribution in [1.82, 2.24) is 0 Å². The second-order valence-corrected chi connectivity index (χ2v) is 8.91. The Bertz CT molecular complexity index is 999. The molecule has 2 rings (SSSR count). The zero-order valence-electron chi connectivity index (χ0n) is 16.4. The van der Waals surface area contributed by atoms with Crippen LogP contribution in [0, 0.1) is 6.92 Å². The van der Waals surface area contributed by atoms with Crippen molar-refractivity contribution in [2.24, 2.45) is 0 Å². The number of para-hydroxylation sites is 2. The first kappa shape index (κ1) is 21.3. The minimum absolute atomic E-state index is 0.108. The fraction of sp³-hybridized carbons (Fsp3) is 0.238. The molecule has 0 aliphatic carbocycles. The van der Waals surface area contributed by atoms with Crippen molar-refractivity contribution < 1.29 is 17.9 Å². The molecule has 148 valence electrons. The molecule has 1 N–H and O–H groups in total. The maximum absolute atomic E-state index is 13.2. The molecular weight excluding hydrogens is 376 g/mol. The molecule has 0 fully saturated rings. The van der Waals surface area contributed by atoms with E-state index >= 15 is 0 Å². The van der Waals surface area contributed by atoms with Crippen molar-refractivity contribution in [3.63, 3.8) is 0 Å². The van der Waals surface area contributed by atoms with E-state index in [9.17, 15) is 13.2 Å². The van der Waals surface area contributed by atoms with Gasteiger partial charge in [0.2, 0.25) is 0 Å². The number of nitrogens with zero attached hydrogens (tertiary/aromatic N) is 1. The Labute approximate surface area is 166 Å². The molecule has 0 saturated carbocycles. The van der Waals surface area contributed by atoms with Gasteiger partial charge in [-0.3, -0.25) is 5.32 Å². The van der Waals surface area contributed by atoms with Crippen LogP contribution in [0.5, 0.6) is 0 Å². The summed E-state index contributed by atoms with van der Waals surface area (Å²) in [5.74, 6) is 0. The maximum Gasteiger partial charge on any atom is 0.412 e. The average molecular weight is 401 g/mol. The van der Waals surface area contributed by atoms with Crippen LogP contribution in [0.15, 0.2) is 71.9 Å². The molecule has 28 heavy (non-hydrogen) atoms. The summed E-state index contributed by atoms with van der Waals surface area (Å²) in [6.07, 6.45) is 0.528. The Morgan fingerprint density at radius 3 is 2.32 bits per heavy atom. The Morgan fingerprint density at radius 1 is 1.14 bits per heavy atom. The second-order valence-electron chi connectivity index (χ2n) is 7.09. The van der Waals surface area contributed by atoms with Gasteiger partial charge in [-0.05, 0) is 52.0 Å². The van der Waals surface area contributed by atoms with Gasteiger partial charge in [-0.1, -0.05) is 36.4 Å². The van der Waals surface area contributed by atoms with Gasteiger partial charge in [-0.15, -0.1) is 5.73 Å². The van der Waals surface area contributed by atoms with Gasteiger partial charge in [0.15, 0.2) is 0 Å². The van der Waals surface area contributed by atoms with Crippen molar-refractivity contribution in [2.75, 3.05) is 9.62 Å². The summed E-state index contributed by atoms with van der Waals surface area (Å²) in [4.78, 5) is 12.3. The zero-order chi connectivity index (χ0) is 20.9. The van der Waals surface area contributed by atoms with Crippen LogP contribution in [0.4, 0.5) is 16.2 Å². The molecule has 1 amide bonds. The molecule has 0 heterocycles. The summed E-state index contributed by atoms with van der Waals surface area (Å²) in [5, 5.41) is 2.60. The lowest BCUT2D eigenvalue weighted by Crippen LogP contribution is -2.29. The molecule has 0 unspecified atom stereocenters. The first-order valence-electron chi connectivity index (χ1n) is 8.61. The fourth-order valence-corrected chi connectivity index (χ4v) is 3.70. The van der Waals surface area contributed by atoms with E-state index in [0.29, 0.717) is 0 Å². The fourth-order valence-electron chi connectivity index (χ4n) is 2.36. The molecule has 0 radical (unpaired) electrons. The third-order valence-electron chi connectivity index (χ3n) is 3.56. The first-order chi connectivity index (χ1) is 13.0. The highest BCUT2D eigenvalue weighted by Crippen LogP contribution is 2.31. The highest BCUT2D eigenvalue weighted by atomic mass is 32.2. The van der Waals surface area contributed by atoms with Crippen LogP contribution in [0.1, 0.15) is 26.3 Å². The Kier molecular flexibility index (Phi) is 6.33. The third-order valence-corrected chi connectivity index (χ3v) is 5.25. The maximum atomic E-state index is 13.2. The highest BCUT2D eigenvalue weighted by molar-refractivity contribution is 7.93. The number of rotatable bonds is 5. The Balaban J connectivity index is 2.48. The van der Waals surface area contributed by atoms with Crippen LogP contribution < -0.4 is 9.62 Å². The van der Waals surface area contributed by atoms with Gasteiger partial charge in [0.05, 0.1) is 22.5 Å². The lowest BCUT2D eigenvalue weighted by Gasteiger charge is -2.24. The van der Waals surface area contributed by atoms with E-state index in [4.69, 9.17) is 4.74 Å². The number of ether oxygens (including phenoxy) is 1. The molecule has 2 aromatic rings. The summed E-state index contributed by atoms with van der Waals surface area (Å²) in [5.41, 5.74) is 3.27. The van der Waals surface area contributed by atoms with Crippen LogP contribution in [0.25, 0.3) is 0 Å². The summed E-state index contributed by atoms with van der Waals surface area (Å²) in [7, 11) is -3.94. The number of sulfonamides is 1. The Morgan fingerprint density at radius 2 is 1.75 bits per heavy atom. The standard InChI is InChI=1S/C21H24N2O4S/c1-6-15-23(28(25,26)17-13-11-16(2)12-14-17)19-10-8-7-9-18(19)22-20(24)27-21(3,4)5/h7-15H,1H2,2-5H3,(H,22,24). The lowest BCUT2D eigenvalue weighted by molar-refractivity contribution is 0.0636. The highest BCUT2D eigenvalue weighted by Gasteiger charge is 2.26. The third kappa shape index (κ3) is 5.25. The minimum atomic E-state index is -3.94. The van der Waals surface area contributed by atoms with Gasteiger partial charge in [-0.2, -0.15) is 0 Å². The first-order valence-corrected chi connectivity index (χ1v) is 10.0. The van der Waals surface area contributed by atoms with Gasteiger partial charge in [-0.25, -0.2) is 17.5 Å². The molecule has 0 aliphatic heterocycles. The number of benzene rings is 2. The van der Waals surface area contributed by atoms with E-state index in [-0.39, 0.29) is 16.3 Å². The number of nitrogens with one attached hydrogen (secondary N) is 1. The number of aryl methyl sites for hydroxylation is 1. The summed E-state index contributed by atoms with van der Waals surface area (Å²) in [6.45, 7) is 10.6. The molecule has 6 nitrogen and oxygen atoms in total. The number of carbonyl (C=O) groups is 1. The molecule has 0 aliphatic rings. The number of carbonyl (C=O) groups excluding carboxylic acids is 1. The average Bonchev–Trinajstić information content (AvgIpc) is 2.59. The normalized spacial score (nSPS) is 11.3. The largest absolute Gasteiger partial charge is 0.444 e. The van der Waals surface area contributed by atoms with Crippen LogP contribution in [-0.2, 0) is 14.8 Å².